The van der Waals surface area contributed by atoms with Crippen molar-refractivity contribution in [2.45, 2.75) is 38.8 Å². The normalized spacial score (nSPS) is 12.1. The predicted octanol–water partition coefficient (Wildman–Crippen LogP) is 1.49. The maximum atomic E-state index is 11.5. The van der Waals surface area contributed by atoms with E-state index in [1.54, 1.807) is 13.3 Å². The maximum Gasteiger partial charge on any atom is 0.220 e. The van der Waals surface area contributed by atoms with E-state index in [1.165, 1.54) is 5.56 Å². The van der Waals surface area contributed by atoms with Crippen molar-refractivity contribution in [1.29, 1.82) is 0 Å². The van der Waals surface area contributed by atoms with Crippen LogP contribution in [0.1, 0.15) is 31.7 Å². The number of nitrogens with zero attached hydrogens (tertiary/aromatic N) is 1. The van der Waals surface area contributed by atoms with Crippen molar-refractivity contribution in [3.8, 4) is 0 Å². The second-order valence-electron chi connectivity index (χ2n) is 4.83. The molecular formula is C15H25N3O2. The van der Waals surface area contributed by atoms with Crippen molar-refractivity contribution in [2.24, 2.45) is 0 Å². The van der Waals surface area contributed by atoms with Gasteiger partial charge in [0, 0.05) is 39.0 Å². The molecule has 0 aliphatic carbocycles. The zero-order chi connectivity index (χ0) is 14.6. The van der Waals surface area contributed by atoms with Gasteiger partial charge in [0.05, 0.1) is 6.10 Å². The molecule has 1 heterocycles. The fourth-order valence-electron chi connectivity index (χ4n) is 1.72. The van der Waals surface area contributed by atoms with Gasteiger partial charge >= 0.3 is 0 Å². The van der Waals surface area contributed by atoms with Crippen LogP contribution in [-0.4, -0.2) is 37.2 Å². The van der Waals surface area contributed by atoms with E-state index >= 15 is 0 Å². The second kappa shape index (κ2) is 10.3. The molecule has 2 N–H and O–H groups in total. The zero-order valence-electron chi connectivity index (χ0n) is 12.4. The molecule has 20 heavy (non-hydrogen) atoms. The molecule has 0 aromatic carbocycles. The zero-order valence-corrected chi connectivity index (χ0v) is 12.4. The highest BCUT2D eigenvalue weighted by molar-refractivity contribution is 5.75. The minimum atomic E-state index is 0.0983. The number of hydrogen-bond donors (Lipinski definition) is 2. The molecule has 5 heteroatoms. The molecule has 1 unspecified atom stereocenters. The number of hydrogen-bond acceptors (Lipinski definition) is 4. The van der Waals surface area contributed by atoms with E-state index in [0.717, 1.165) is 25.9 Å². The first-order valence-corrected chi connectivity index (χ1v) is 7.11. The van der Waals surface area contributed by atoms with Crippen LogP contribution in [0.5, 0.6) is 0 Å². The molecule has 0 bridgehead atoms. The summed E-state index contributed by atoms with van der Waals surface area (Å²) in [7, 11) is 1.66. The predicted molar refractivity (Wildman–Crippen MR) is 79.3 cm³/mol. The summed E-state index contributed by atoms with van der Waals surface area (Å²) in [6.07, 6.45) is 5.97. The third-order valence-corrected chi connectivity index (χ3v) is 3.08. The highest BCUT2D eigenvalue weighted by Crippen LogP contribution is 1.99. The van der Waals surface area contributed by atoms with Crippen LogP contribution < -0.4 is 10.6 Å². The summed E-state index contributed by atoms with van der Waals surface area (Å²) in [6.45, 7) is 4.37. The Labute approximate surface area is 121 Å². The van der Waals surface area contributed by atoms with E-state index in [0.29, 0.717) is 13.0 Å². The summed E-state index contributed by atoms with van der Waals surface area (Å²) in [5.41, 5.74) is 1.17. The number of amides is 1. The van der Waals surface area contributed by atoms with Crippen LogP contribution in [0.3, 0.4) is 0 Å². The Kier molecular flexibility index (Phi) is 8.58. The van der Waals surface area contributed by atoms with Gasteiger partial charge in [0.1, 0.15) is 0 Å². The van der Waals surface area contributed by atoms with Crippen LogP contribution >= 0.6 is 0 Å². The number of rotatable bonds is 10. The standard InChI is InChI=1S/C15H25N3O2/c1-13(20-2)6-7-15(19)18-10-4-9-17-12-14-5-3-8-16-11-14/h3,5,8,11,13,17H,4,6-7,9-10,12H2,1-2H3,(H,18,19). The van der Waals surface area contributed by atoms with Gasteiger partial charge in [-0.25, -0.2) is 0 Å². The Bertz CT molecular complexity index is 371. The van der Waals surface area contributed by atoms with Gasteiger partial charge in [0.25, 0.3) is 0 Å². The molecule has 0 spiro atoms. The lowest BCUT2D eigenvalue weighted by atomic mass is 10.2. The molecule has 1 atom stereocenters. The Morgan fingerprint density at radius 1 is 1.45 bits per heavy atom. The first kappa shape index (κ1) is 16.6. The van der Waals surface area contributed by atoms with Crippen LogP contribution in [0.15, 0.2) is 24.5 Å². The van der Waals surface area contributed by atoms with Crippen molar-refractivity contribution in [3.05, 3.63) is 30.1 Å². The summed E-state index contributed by atoms with van der Waals surface area (Å²) >= 11 is 0. The Morgan fingerprint density at radius 2 is 2.30 bits per heavy atom. The summed E-state index contributed by atoms with van der Waals surface area (Å²) < 4.78 is 5.11. The summed E-state index contributed by atoms with van der Waals surface area (Å²) in [6, 6.07) is 3.97. The van der Waals surface area contributed by atoms with E-state index in [4.69, 9.17) is 4.74 Å². The Hall–Kier alpha value is -1.46. The van der Waals surface area contributed by atoms with Gasteiger partial charge in [-0.1, -0.05) is 6.07 Å². The molecule has 0 radical (unpaired) electrons. The summed E-state index contributed by atoms with van der Waals surface area (Å²) in [4.78, 5) is 15.6. The third-order valence-electron chi connectivity index (χ3n) is 3.08. The van der Waals surface area contributed by atoms with Crippen LogP contribution in [0.25, 0.3) is 0 Å². The number of nitrogens with one attached hydrogen (secondary N) is 2. The van der Waals surface area contributed by atoms with E-state index in [2.05, 4.69) is 15.6 Å². The molecule has 0 saturated carbocycles. The van der Waals surface area contributed by atoms with Crippen LogP contribution in [0.4, 0.5) is 0 Å². The second-order valence-corrected chi connectivity index (χ2v) is 4.83. The van der Waals surface area contributed by atoms with E-state index < -0.39 is 0 Å². The largest absolute Gasteiger partial charge is 0.382 e. The molecule has 0 fully saturated rings. The van der Waals surface area contributed by atoms with E-state index in [-0.39, 0.29) is 12.0 Å². The number of pyridine rings is 1. The van der Waals surface area contributed by atoms with E-state index in [9.17, 15) is 4.79 Å². The summed E-state index contributed by atoms with van der Waals surface area (Å²) in [5.74, 6) is 0.0983. The Morgan fingerprint density at radius 3 is 3.00 bits per heavy atom. The smallest absolute Gasteiger partial charge is 0.220 e. The minimum Gasteiger partial charge on any atom is -0.382 e. The van der Waals surface area contributed by atoms with Crippen molar-refractivity contribution >= 4 is 5.91 Å². The van der Waals surface area contributed by atoms with Crippen molar-refractivity contribution < 1.29 is 9.53 Å². The topological polar surface area (TPSA) is 63.2 Å². The van der Waals surface area contributed by atoms with Crippen LogP contribution in [0, 0.1) is 0 Å². The molecule has 1 amide bonds. The monoisotopic (exact) mass is 279 g/mol. The fraction of sp³-hybridized carbons (Fsp3) is 0.600. The van der Waals surface area contributed by atoms with Crippen molar-refractivity contribution in [2.75, 3.05) is 20.2 Å². The van der Waals surface area contributed by atoms with Gasteiger partial charge < -0.3 is 15.4 Å². The average Bonchev–Trinajstić information content (AvgIpc) is 2.49. The molecule has 1 aromatic rings. The van der Waals surface area contributed by atoms with Crippen molar-refractivity contribution in [3.63, 3.8) is 0 Å². The van der Waals surface area contributed by atoms with Gasteiger partial charge in [0.15, 0.2) is 0 Å². The SMILES string of the molecule is COC(C)CCC(=O)NCCCNCc1cccnc1. The number of carbonyl (C=O) groups excluding carboxylic acids is 1. The molecule has 1 aromatic heterocycles. The average molecular weight is 279 g/mol. The highest BCUT2D eigenvalue weighted by Gasteiger charge is 2.04. The molecule has 0 aliphatic heterocycles. The van der Waals surface area contributed by atoms with Gasteiger partial charge in [0.2, 0.25) is 5.91 Å². The Balaban J connectivity index is 1.95. The van der Waals surface area contributed by atoms with Gasteiger partial charge in [-0.2, -0.15) is 0 Å². The van der Waals surface area contributed by atoms with Gasteiger partial charge in [-0.15, -0.1) is 0 Å². The van der Waals surface area contributed by atoms with E-state index in [1.807, 2.05) is 25.3 Å². The lowest BCUT2D eigenvalue weighted by Crippen LogP contribution is -2.27. The molecular weight excluding hydrogens is 254 g/mol. The quantitative estimate of drug-likeness (QED) is 0.637. The number of ether oxygens (including phenoxy) is 1. The molecule has 0 aliphatic rings. The van der Waals surface area contributed by atoms with Crippen molar-refractivity contribution in [1.82, 2.24) is 15.6 Å². The third kappa shape index (κ3) is 7.86. The van der Waals surface area contributed by atoms with Gasteiger partial charge in [-0.05, 0) is 37.9 Å². The minimum absolute atomic E-state index is 0.0983. The molecule has 5 nitrogen and oxygen atoms in total. The first-order valence-electron chi connectivity index (χ1n) is 7.11. The summed E-state index contributed by atoms with van der Waals surface area (Å²) in [5, 5.41) is 6.24. The van der Waals surface area contributed by atoms with Crippen LogP contribution in [0.2, 0.25) is 0 Å². The molecule has 112 valence electrons. The maximum absolute atomic E-state index is 11.5. The lowest BCUT2D eigenvalue weighted by Gasteiger charge is -2.09. The highest BCUT2D eigenvalue weighted by atomic mass is 16.5. The first-order chi connectivity index (χ1) is 9.72. The molecule has 0 saturated heterocycles. The van der Waals surface area contributed by atoms with Crippen LogP contribution in [-0.2, 0) is 16.1 Å². The number of carbonyl (C=O) groups is 1. The number of methoxy groups -OCH3 is 1. The lowest BCUT2D eigenvalue weighted by molar-refractivity contribution is -0.121. The molecule has 1 rings (SSSR count). The van der Waals surface area contributed by atoms with Gasteiger partial charge in [-0.3, -0.25) is 9.78 Å². The number of aromatic nitrogens is 1. The fourth-order valence-corrected chi connectivity index (χ4v) is 1.72.